The van der Waals surface area contributed by atoms with Crippen molar-refractivity contribution in [3.05, 3.63) is 23.8 Å². The molecule has 0 fully saturated rings. The van der Waals surface area contributed by atoms with Crippen molar-refractivity contribution in [2.24, 2.45) is 0 Å². The Hall–Kier alpha value is -0.970. The molecule has 4 nitrogen and oxygen atoms in total. The SMILES string of the molecule is COc1ccc(N)c(C(O)C(O)CCl)c1. The molecule has 0 amide bonds. The predicted molar refractivity (Wildman–Crippen MR) is 59.1 cm³/mol. The molecule has 0 aliphatic carbocycles. The van der Waals surface area contributed by atoms with Crippen molar-refractivity contribution < 1.29 is 14.9 Å². The minimum atomic E-state index is -1.10. The Labute approximate surface area is 93.2 Å². The molecule has 5 heteroatoms. The van der Waals surface area contributed by atoms with Gasteiger partial charge in [-0.25, -0.2) is 0 Å². The van der Waals surface area contributed by atoms with E-state index < -0.39 is 12.2 Å². The van der Waals surface area contributed by atoms with Gasteiger partial charge in [-0.1, -0.05) is 0 Å². The fourth-order valence-corrected chi connectivity index (χ4v) is 1.40. The Bertz CT molecular complexity index is 332. The zero-order valence-corrected chi connectivity index (χ0v) is 9.11. The lowest BCUT2D eigenvalue weighted by Gasteiger charge is -2.18. The van der Waals surface area contributed by atoms with E-state index >= 15 is 0 Å². The summed E-state index contributed by atoms with van der Waals surface area (Å²) < 4.78 is 4.99. The Morgan fingerprint density at radius 1 is 1.47 bits per heavy atom. The van der Waals surface area contributed by atoms with Crippen molar-refractivity contribution in [1.29, 1.82) is 0 Å². The molecular weight excluding hydrogens is 218 g/mol. The van der Waals surface area contributed by atoms with Gasteiger partial charge in [-0.05, 0) is 18.2 Å². The van der Waals surface area contributed by atoms with E-state index in [0.717, 1.165) is 0 Å². The molecule has 0 radical (unpaired) electrons. The van der Waals surface area contributed by atoms with Crippen LogP contribution in [0, 0.1) is 0 Å². The van der Waals surface area contributed by atoms with Crippen molar-refractivity contribution in [1.82, 2.24) is 0 Å². The zero-order valence-electron chi connectivity index (χ0n) is 8.35. The highest BCUT2D eigenvalue weighted by molar-refractivity contribution is 6.18. The number of halogens is 1. The second-order valence-corrected chi connectivity index (χ2v) is 3.47. The predicted octanol–water partition coefficient (Wildman–Crippen LogP) is 0.910. The fourth-order valence-electron chi connectivity index (χ4n) is 1.23. The van der Waals surface area contributed by atoms with Gasteiger partial charge in [0.05, 0.1) is 19.1 Å². The lowest BCUT2D eigenvalue weighted by Crippen LogP contribution is -2.20. The van der Waals surface area contributed by atoms with Crippen LogP contribution < -0.4 is 10.5 Å². The van der Waals surface area contributed by atoms with Crippen LogP contribution in [0.15, 0.2) is 18.2 Å². The van der Waals surface area contributed by atoms with E-state index in [1.54, 1.807) is 18.2 Å². The average molecular weight is 232 g/mol. The van der Waals surface area contributed by atoms with Crippen LogP contribution in [0.5, 0.6) is 5.75 Å². The number of hydrogen-bond donors (Lipinski definition) is 3. The van der Waals surface area contributed by atoms with Crippen molar-refractivity contribution in [3.8, 4) is 5.75 Å². The molecule has 0 aliphatic heterocycles. The van der Waals surface area contributed by atoms with Gasteiger partial charge in [0.25, 0.3) is 0 Å². The number of nitrogens with two attached hydrogens (primary N) is 1. The second kappa shape index (κ2) is 5.21. The third-order valence-corrected chi connectivity index (χ3v) is 2.45. The summed E-state index contributed by atoms with van der Waals surface area (Å²) in [6.45, 7) is 0. The van der Waals surface area contributed by atoms with Gasteiger partial charge in [0.2, 0.25) is 0 Å². The number of hydrogen-bond acceptors (Lipinski definition) is 4. The maximum absolute atomic E-state index is 9.72. The highest BCUT2D eigenvalue weighted by Gasteiger charge is 2.20. The number of rotatable bonds is 4. The molecule has 1 aromatic rings. The highest BCUT2D eigenvalue weighted by atomic mass is 35.5. The van der Waals surface area contributed by atoms with Crippen molar-refractivity contribution in [2.75, 3.05) is 18.7 Å². The molecule has 1 aromatic carbocycles. The van der Waals surface area contributed by atoms with E-state index in [0.29, 0.717) is 17.0 Å². The zero-order chi connectivity index (χ0) is 11.4. The maximum Gasteiger partial charge on any atom is 0.119 e. The van der Waals surface area contributed by atoms with E-state index in [2.05, 4.69) is 0 Å². The number of methoxy groups -OCH3 is 1. The number of alkyl halides is 1. The van der Waals surface area contributed by atoms with Gasteiger partial charge in [-0.3, -0.25) is 0 Å². The molecule has 0 spiro atoms. The van der Waals surface area contributed by atoms with E-state index in [1.165, 1.54) is 7.11 Å². The lowest BCUT2D eigenvalue weighted by atomic mass is 10.0. The first-order chi connectivity index (χ1) is 7.10. The first-order valence-electron chi connectivity index (χ1n) is 4.45. The van der Waals surface area contributed by atoms with Crippen LogP contribution in [0.25, 0.3) is 0 Å². The van der Waals surface area contributed by atoms with Crippen LogP contribution in [-0.4, -0.2) is 29.3 Å². The number of anilines is 1. The first-order valence-corrected chi connectivity index (χ1v) is 4.99. The van der Waals surface area contributed by atoms with Gasteiger partial charge in [0, 0.05) is 11.3 Å². The van der Waals surface area contributed by atoms with Gasteiger partial charge in [0.15, 0.2) is 0 Å². The molecular formula is C10H14ClNO3. The Kier molecular flexibility index (Phi) is 4.20. The largest absolute Gasteiger partial charge is 0.497 e. The molecule has 0 bridgehead atoms. The summed E-state index contributed by atoms with van der Waals surface area (Å²) in [6.07, 6.45) is -2.14. The van der Waals surface area contributed by atoms with Crippen LogP contribution in [0.4, 0.5) is 5.69 Å². The Balaban J connectivity index is 3.01. The molecule has 4 N–H and O–H groups in total. The molecule has 0 heterocycles. The maximum atomic E-state index is 9.72. The Morgan fingerprint density at radius 2 is 2.13 bits per heavy atom. The first kappa shape index (κ1) is 12.1. The third-order valence-electron chi connectivity index (χ3n) is 2.14. The lowest BCUT2D eigenvalue weighted by molar-refractivity contribution is 0.0330. The smallest absolute Gasteiger partial charge is 0.119 e. The minimum Gasteiger partial charge on any atom is -0.497 e. The monoisotopic (exact) mass is 231 g/mol. The van der Waals surface area contributed by atoms with Gasteiger partial charge in [0.1, 0.15) is 11.9 Å². The van der Waals surface area contributed by atoms with Gasteiger partial charge >= 0.3 is 0 Å². The van der Waals surface area contributed by atoms with Crippen LogP contribution >= 0.6 is 11.6 Å². The summed E-state index contributed by atoms with van der Waals surface area (Å²) in [4.78, 5) is 0. The molecule has 15 heavy (non-hydrogen) atoms. The Morgan fingerprint density at radius 3 is 2.67 bits per heavy atom. The number of nitrogen functional groups attached to an aromatic ring is 1. The van der Waals surface area contributed by atoms with Crippen LogP contribution in [-0.2, 0) is 0 Å². The highest BCUT2D eigenvalue weighted by Crippen LogP contribution is 2.27. The average Bonchev–Trinajstić information content (AvgIpc) is 2.27. The number of aliphatic hydroxyl groups is 2. The van der Waals surface area contributed by atoms with Gasteiger partial charge in [-0.2, -0.15) is 0 Å². The molecule has 0 aromatic heterocycles. The van der Waals surface area contributed by atoms with E-state index in [9.17, 15) is 10.2 Å². The molecule has 0 aliphatic rings. The normalized spacial score (nSPS) is 14.7. The van der Waals surface area contributed by atoms with Crippen molar-refractivity contribution in [3.63, 3.8) is 0 Å². The third kappa shape index (κ3) is 2.75. The topological polar surface area (TPSA) is 75.7 Å². The fraction of sp³-hybridized carbons (Fsp3) is 0.400. The number of aliphatic hydroxyl groups excluding tert-OH is 2. The summed E-state index contributed by atoms with van der Waals surface area (Å²) in [5.74, 6) is 0.512. The van der Waals surface area contributed by atoms with Gasteiger partial charge < -0.3 is 20.7 Å². The minimum absolute atomic E-state index is 0.0577. The van der Waals surface area contributed by atoms with Crippen LogP contribution in [0.3, 0.4) is 0 Å². The van der Waals surface area contributed by atoms with Crippen LogP contribution in [0.1, 0.15) is 11.7 Å². The molecule has 0 saturated carbocycles. The molecule has 84 valence electrons. The van der Waals surface area contributed by atoms with Gasteiger partial charge in [-0.15, -0.1) is 11.6 Å². The van der Waals surface area contributed by atoms with Crippen LogP contribution in [0.2, 0.25) is 0 Å². The standard InChI is InChI=1S/C10H14ClNO3/c1-15-6-2-3-8(12)7(4-6)10(14)9(13)5-11/h2-4,9-10,13-14H,5,12H2,1H3. The summed E-state index contributed by atoms with van der Waals surface area (Å²) in [6, 6.07) is 4.87. The van der Waals surface area contributed by atoms with E-state index in [1.807, 2.05) is 0 Å². The molecule has 2 unspecified atom stereocenters. The second-order valence-electron chi connectivity index (χ2n) is 3.16. The molecule has 1 rings (SSSR count). The summed E-state index contributed by atoms with van der Waals surface area (Å²) in [5, 5.41) is 19.1. The summed E-state index contributed by atoms with van der Waals surface area (Å²) in [5.41, 5.74) is 6.48. The van der Waals surface area contributed by atoms with Crippen molar-refractivity contribution >= 4 is 17.3 Å². The molecule has 0 saturated heterocycles. The van der Waals surface area contributed by atoms with E-state index in [4.69, 9.17) is 22.1 Å². The summed E-state index contributed by atoms with van der Waals surface area (Å²) in [7, 11) is 1.51. The van der Waals surface area contributed by atoms with Crippen molar-refractivity contribution in [2.45, 2.75) is 12.2 Å². The number of benzene rings is 1. The quantitative estimate of drug-likeness (QED) is 0.532. The summed E-state index contributed by atoms with van der Waals surface area (Å²) >= 11 is 5.44. The molecule has 2 atom stereocenters. The number of ether oxygens (including phenoxy) is 1. The van der Waals surface area contributed by atoms with E-state index in [-0.39, 0.29) is 5.88 Å².